The van der Waals surface area contributed by atoms with Gasteiger partial charge in [-0.15, -0.1) is 0 Å². The second kappa shape index (κ2) is 9.81. The van der Waals surface area contributed by atoms with Gasteiger partial charge in [0, 0.05) is 11.3 Å². The number of ether oxygens (including phenoxy) is 5. The molecule has 4 aliphatic rings. The van der Waals surface area contributed by atoms with Crippen molar-refractivity contribution in [2.45, 2.75) is 51.4 Å². The summed E-state index contributed by atoms with van der Waals surface area (Å²) in [6.07, 6.45) is 7.66. The summed E-state index contributed by atoms with van der Waals surface area (Å²) in [4.78, 5) is 34.9. The molecule has 40 heavy (non-hydrogen) atoms. The predicted molar refractivity (Wildman–Crippen MR) is 148 cm³/mol. The molecule has 1 aromatic carbocycles. The van der Waals surface area contributed by atoms with E-state index in [1.54, 1.807) is 57.2 Å². The standard InChI is InChI=1S/C29H34N4O7/c1-26(2,3)40-25(35)32-24-33-29(17-38-24)20-13-18(11-12-22(20)39-27(4,5)28(29)15-37-16-28)31-23(34)21-10-8-7-9-19(36-6)14-30-21/h7-14H,15-17H2,1-6H3,(H,31,34)(H,32,33,35)/b8-7+,9-7?,10-8?,19-9?,19-14?,21-10-,30-14?,30-21?/t29-/m0/s1. The minimum Gasteiger partial charge on any atom is -0.495 e. The Labute approximate surface area is 233 Å². The maximum absolute atomic E-state index is 13.1. The third kappa shape index (κ3) is 4.74. The number of methoxy groups -OCH3 is 1. The summed E-state index contributed by atoms with van der Waals surface area (Å²) in [7, 11) is 1.53. The zero-order chi connectivity index (χ0) is 28.8. The summed E-state index contributed by atoms with van der Waals surface area (Å²) in [5, 5.41) is 5.55. The van der Waals surface area contributed by atoms with E-state index in [1.165, 1.54) is 13.3 Å². The van der Waals surface area contributed by atoms with Crippen LogP contribution in [0.4, 0.5) is 10.5 Å². The number of fused-ring (bicyclic) bond motifs is 3. The molecule has 0 saturated carbocycles. The normalized spacial score (nSPS) is 25.8. The third-order valence-corrected chi connectivity index (χ3v) is 7.43. The van der Waals surface area contributed by atoms with Crippen LogP contribution >= 0.6 is 0 Å². The Balaban J connectivity index is 1.49. The van der Waals surface area contributed by atoms with Gasteiger partial charge in [0.15, 0.2) is 0 Å². The van der Waals surface area contributed by atoms with Gasteiger partial charge in [-0.2, -0.15) is 0 Å². The average molecular weight is 551 g/mol. The lowest BCUT2D eigenvalue weighted by molar-refractivity contribution is -0.247. The Morgan fingerprint density at radius 1 is 1.05 bits per heavy atom. The molecule has 0 aromatic heterocycles. The highest BCUT2D eigenvalue weighted by atomic mass is 16.6. The summed E-state index contributed by atoms with van der Waals surface area (Å²) in [6, 6.07) is 5.45. The van der Waals surface area contributed by atoms with Crippen molar-refractivity contribution in [1.29, 1.82) is 0 Å². The van der Waals surface area contributed by atoms with Crippen LogP contribution in [-0.2, 0) is 29.3 Å². The number of aliphatic imine (C=N–C) groups is 2. The molecule has 4 aliphatic heterocycles. The summed E-state index contributed by atoms with van der Waals surface area (Å²) < 4.78 is 28.8. The number of amidine groups is 1. The molecule has 11 nitrogen and oxygen atoms in total. The topological polar surface area (TPSA) is 129 Å². The molecule has 2 N–H and O–H groups in total. The molecular formula is C29H34N4O7. The van der Waals surface area contributed by atoms with Crippen LogP contribution in [0.15, 0.2) is 63.9 Å². The van der Waals surface area contributed by atoms with E-state index >= 15 is 0 Å². The van der Waals surface area contributed by atoms with Crippen molar-refractivity contribution in [3.63, 3.8) is 0 Å². The van der Waals surface area contributed by atoms with Crippen molar-refractivity contribution in [3.05, 3.63) is 59.5 Å². The van der Waals surface area contributed by atoms with Crippen LogP contribution in [-0.4, -0.2) is 62.4 Å². The minimum absolute atomic E-state index is 0.0569. The predicted octanol–water partition coefficient (Wildman–Crippen LogP) is 3.97. The van der Waals surface area contributed by atoms with Gasteiger partial charge in [-0.25, -0.2) is 20.1 Å². The van der Waals surface area contributed by atoms with Gasteiger partial charge in [0.1, 0.15) is 40.6 Å². The average Bonchev–Trinajstić information content (AvgIpc) is 3.21. The van der Waals surface area contributed by atoms with Crippen LogP contribution < -0.4 is 15.4 Å². The van der Waals surface area contributed by atoms with Crippen LogP contribution in [0.5, 0.6) is 5.75 Å². The van der Waals surface area contributed by atoms with E-state index in [0.717, 1.165) is 0 Å². The molecule has 0 unspecified atom stereocenters. The quantitative estimate of drug-likeness (QED) is 0.583. The molecule has 11 heteroatoms. The maximum Gasteiger partial charge on any atom is 0.415 e. The number of allylic oxidation sites excluding steroid dienone is 5. The number of nitrogens with one attached hydrogen (secondary N) is 2. The minimum atomic E-state index is -0.952. The molecule has 0 bridgehead atoms. The van der Waals surface area contributed by atoms with E-state index in [0.29, 0.717) is 36.0 Å². The molecular weight excluding hydrogens is 516 g/mol. The number of rotatable bonds is 3. The van der Waals surface area contributed by atoms with Crippen LogP contribution in [0.1, 0.15) is 40.2 Å². The lowest BCUT2D eigenvalue weighted by atomic mass is 9.55. The van der Waals surface area contributed by atoms with Gasteiger partial charge >= 0.3 is 6.09 Å². The third-order valence-electron chi connectivity index (χ3n) is 7.43. The molecule has 1 saturated heterocycles. The number of carbonyl (C=O) groups is 2. The van der Waals surface area contributed by atoms with Crippen molar-refractivity contribution in [2.24, 2.45) is 15.4 Å². The van der Waals surface area contributed by atoms with E-state index in [9.17, 15) is 9.59 Å². The molecule has 1 fully saturated rings. The first-order valence-corrected chi connectivity index (χ1v) is 13.0. The van der Waals surface area contributed by atoms with Crippen LogP contribution in [0.3, 0.4) is 0 Å². The molecule has 0 radical (unpaired) electrons. The SMILES string of the molecule is COC1=C/C=C/C=C(/C(=O)Nc2ccc3c(c2)[C@@]2(COC(NC(=O)OC(C)(C)C)=N2)C2(COC2)C(C)(C)O3)N=C1. The summed E-state index contributed by atoms with van der Waals surface area (Å²) in [5.74, 6) is 0.727. The van der Waals surface area contributed by atoms with Gasteiger partial charge in [0.25, 0.3) is 11.9 Å². The molecule has 1 atom stereocenters. The fourth-order valence-electron chi connectivity index (χ4n) is 5.26. The zero-order valence-corrected chi connectivity index (χ0v) is 23.5. The molecule has 212 valence electrons. The second-order valence-electron chi connectivity index (χ2n) is 11.5. The highest BCUT2D eigenvalue weighted by Crippen LogP contribution is 2.62. The number of anilines is 1. The molecule has 5 rings (SSSR count). The van der Waals surface area contributed by atoms with Gasteiger partial charge in [0.2, 0.25) is 0 Å². The van der Waals surface area contributed by atoms with Gasteiger partial charge in [-0.05, 0) is 65.0 Å². The Hall–Kier alpha value is -4.12. The Morgan fingerprint density at radius 2 is 1.80 bits per heavy atom. The molecule has 2 spiro atoms. The lowest BCUT2D eigenvalue weighted by Gasteiger charge is -2.61. The van der Waals surface area contributed by atoms with Crippen molar-refractivity contribution < 1.29 is 33.3 Å². The van der Waals surface area contributed by atoms with Crippen LogP contribution in [0.25, 0.3) is 0 Å². The molecule has 0 aliphatic carbocycles. The van der Waals surface area contributed by atoms with Crippen molar-refractivity contribution in [2.75, 3.05) is 32.2 Å². The Kier molecular flexibility index (Phi) is 6.73. The first-order valence-electron chi connectivity index (χ1n) is 13.0. The smallest absolute Gasteiger partial charge is 0.415 e. The number of benzene rings is 1. The van der Waals surface area contributed by atoms with Crippen molar-refractivity contribution >= 4 is 29.9 Å². The number of hydrogen-bond acceptors (Lipinski definition) is 9. The number of nitrogens with zero attached hydrogens (tertiary/aromatic N) is 2. The van der Waals surface area contributed by atoms with E-state index in [-0.39, 0.29) is 18.3 Å². The van der Waals surface area contributed by atoms with E-state index in [4.69, 9.17) is 28.7 Å². The van der Waals surface area contributed by atoms with Crippen LogP contribution in [0.2, 0.25) is 0 Å². The monoisotopic (exact) mass is 550 g/mol. The van der Waals surface area contributed by atoms with Crippen LogP contribution in [0, 0.1) is 5.41 Å². The number of carbonyl (C=O) groups excluding carboxylic acids is 2. The fourth-order valence-corrected chi connectivity index (χ4v) is 5.26. The Morgan fingerprint density at radius 3 is 2.48 bits per heavy atom. The molecule has 2 amide bonds. The van der Waals surface area contributed by atoms with Crippen molar-refractivity contribution in [3.8, 4) is 5.75 Å². The van der Waals surface area contributed by atoms with Gasteiger partial charge in [-0.1, -0.05) is 12.2 Å². The van der Waals surface area contributed by atoms with E-state index in [2.05, 4.69) is 15.6 Å². The first kappa shape index (κ1) is 27.4. The first-order chi connectivity index (χ1) is 18.9. The zero-order valence-electron chi connectivity index (χ0n) is 23.5. The fraction of sp³-hybridized carbons (Fsp3) is 0.448. The number of amides is 2. The number of hydrogen-bond donors (Lipinski definition) is 2. The maximum atomic E-state index is 13.1. The second-order valence-corrected chi connectivity index (χ2v) is 11.5. The molecule has 4 heterocycles. The van der Waals surface area contributed by atoms with E-state index in [1.807, 2.05) is 19.9 Å². The van der Waals surface area contributed by atoms with Gasteiger partial charge < -0.3 is 29.0 Å². The van der Waals surface area contributed by atoms with E-state index < -0.39 is 34.2 Å². The van der Waals surface area contributed by atoms with Gasteiger partial charge in [-0.3, -0.25) is 4.79 Å². The highest BCUT2D eigenvalue weighted by Gasteiger charge is 2.71. The number of alkyl carbamates (subject to hydrolysis) is 1. The highest BCUT2D eigenvalue weighted by molar-refractivity contribution is 6.05. The largest absolute Gasteiger partial charge is 0.495 e. The van der Waals surface area contributed by atoms with Crippen molar-refractivity contribution in [1.82, 2.24) is 5.32 Å². The molecule has 1 aromatic rings. The Bertz CT molecular complexity index is 1380. The van der Waals surface area contributed by atoms with Gasteiger partial charge in [0.05, 0.1) is 32.0 Å². The summed E-state index contributed by atoms with van der Waals surface area (Å²) in [5.41, 5.74) is -1.45. The summed E-state index contributed by atoms with van der Waals surface area (Å²) >= 11 is 0. The summed E-state index contributed by atoms with van der Waals surface area (Å²) in [6.45, 7) is 10.2. The lowest BCUT2D eigenvalue weighted by Crippen LogP contribution is -2.71.